The Hall–Kier alpha value is -1.06. The van der Waals surface area contributed by atoms with Crippen LogP contribution in [0.4, 0.5) is 0 Å². The molecular formula is C13H20O3. The van der Waals surface area contributed by atoms with Gasteiger partial charge in [-0.1, -0.05) is 18.2 Å². The maximum Gasteiger partial charge on any atom is 0.125 e. The summed E-state index contributed by atoms with van der Waals surface area (Å²) in [7, 11) is 1.63. The lowest BCUT2D eigenvalue weighted by molar-refractivity contribution is 0.106. The molecule has 1 N–H and O–H groups in total. The van der Waals surface area contributed by atoms with Gasteiger partial charge < -0.3 is 14.6 Å². The normalized spacial score (nSPS) is 12.8. The van der Waals surface area contributed by atoms with Crippen molar-refractivity contribution in [2.24, 2.45) is 0 Å². The highest BCUT2D eigenvalue weighted by Gasteiger charge is 2.13. The Morgan fingerprint density at radius 2 is 1.94 bits per heavy atom. The summed E-state index contributed by atoms with van der Waals surface area (Å²) in [5.74, 6) is 0.751. The van der Waals surface area contributed by atoms with E-state index in [-0.39, 0.29) is 6.10 Å². The molecule has 90 valence electrons. The second-order valence-corrected chi connectivity index (χ2v) is 4.00. The lowest BCUT2D eigenvalue weighted by Gasteiger charge is -2.17. The van der Waals surface area contributed by atoms with Crippen LogP contribution in [0.3, 0.4) is 0 Å². The number of aliphatic hydroxyl groups is 1. The van der Waals surface area contributed by atoms with Gasteiger partial charge in [0.15, 0.2) is 0 Å². The minimum Gasteiger partial charge on any atom is -0.491 e. The summed E-state index contributed by atoms with van der Waals surface area (Å²) in [6.45, 7) is 4.48. The first kappa shape index (κ1) is 13.0. The van der Waals surface area contributed by atoms with E-state index in [4.69, 9.17) is 9.47 Å². The van der Waals surface area contributed by atoms with Crippen molar-refractivity contribution in [3.63, 3.8) is 0 Å². The smallest absolute Gasteiger partial charge is 0.125 e. The van der Waals surface area contributed by atoms with Crippen molar-refractivity contribution in [2.75, 3.05) is 13.7 Å². The molecule has 1 aromatic rings. The van der Waals surface area contributed by atoms with Crippen LogP contribution in [0.2, 0.25) is 0 Å². The zero-order chi connectivity index (χ0) is 12.0. The molecule has 0 bridgehead atoms. The first-order valence-electron chi connectivity index (χ1n) is 5.57. The zero-order valence-corrected chi connectivity index (χ0v) is 10.1. The fourth-order valence-electron chi connectivity index (χ4n) is 1.50. The quantitative estimate of drug-likeness (QED) is 0.807. The Morgan fingerprint density at radius 1 is 1.25 bits per heavy atom. The van der Waals surface area contributed by atoms with Crippen molar-refractivity contribution >= 4 is 0 Å². The minimum atomic E-state index is -0.533. The van der Waals surface area contributed by atoms with Crippen molar-refractivity contribution < 1.29 is 14.6 Å². The van der Waals surface area contributed by atoms with Gasteiger partial charge in [-0.25, -0.2) is 0 Å². The van der Waals surface area contributed by atoms with Crippen molar-refractivity contribution in [3.05, 3.63) is 29.8 Å². The van der Waals surface area contributed by atoms with E-state index in [2.05, 4.69) is 0 Å². The molecule has 0 fully saturated rings. The third kappa shape index (κ3) is 3.83. The van der Waals surface area contributed by atoms with Crippen LogP contribution in [-0.4, -0.2) is 24.9 Å². The fourth-order valence-corrected chi connectivity index (χ4v) is 1.50. The highest BCUT2D eigenvalue weighted by Crippen LogP contribution is 2.27. The summed E-state index contributed by atoms with van der Waals surface area (Å²) in [5.41, 5.74) is 0.827. The van der Waals surface area contributed by atoms with Gasteiger partial charge in [0.25, 0.3) is 0 Å². The maximum absolute atomic E-state index is 9.99. The van der Waals surface area contributed by atoms with E-state index < -0.39 is 6.10 Å². The summed E-state index contributed by atoms with van der Waals surface area (Å²) in [6.07, 6.45) is 0.153. The van der Waals surface area contributed by atoms with Crippen molar-refractivity contribution in [1.82, 2.24) is 0 Å². The lowest BCUT2D eigenvalue weighted by atomic mass is 10.1. The molecule has 0 heterocycles. The molecule has 1 unspecified atom stereocenters. The molecule has 0 radical (unpaired) electrons. The topological polar surface area (TPSA) is 38.7 Å². The molecular weight excluding hydrogens is 204 g/mol. The number of hydrogen-bond acceptors (Lipinski definition) is 3. The van der Waals surface area contributed by atoms with E-state index in [1.54, 1.807) is 7.11 Å². The molecule has 0 saturated carbocycles. The summed E-state index contributed by atoms with van der Waals surface area (Å²) < 4.78 is 10.6. The summed E-state index contributed by atoms with van der Waals surface area (Å²) >= 11 is 0. The summed E-state index contributed by atoms with van der Waals surface area (Å²) in [4.78, 5) is 0. The second-order valence-electron chi connectivity index (χ2n) is 4.00. The van der Waals surface area contributed by atoms with Gasteiger partial charge in [-0.05, 0) is 19.9 Å². The lowest BCUT2D eigenvalue weighted by Crippen LogP contribution is -2.10. The van der Waals surface area contributed by atoms with Gasteiger partial charge in [0.05, 0.1) is 12.2 Å². The molecule has 0 aliphatic carbocycles. The predicted octanol–water partition coefficient (Wildman–Crippen LogP) is 2.54. The molecule has 3 nitrogen and oxygen atoms in total. The molecule has 0 saturated heterocycles. The van der Waals surface area contributed by atoms with Crippen LogP contribution in [0.5, 0.6) is 5.75 Å². The van der Waals surface area contributed by atoms with E-state index in [0.717, 1.165) is 11.3 Å². The van der Waals surface area contributed by atoms with Crippen molar-refractivity contribution in [1.29, 1.82) is 0 Å². The molecule has 0 amide bonds. The predicted molar refractivity (Wildman–Crippen MR) is 63.7 cm³/mol. The average Bonchev–Trinajstić information content (AvgIpc) is 2.26. The highest BCUT2D eigenvalue weighted by atomic mass is 16.5. The molecule has 0 aliphatic rings. The average molecular weight is 224 g/mol. The van der Waals surface area contributed by atoms with Crippen LogP contribution < -0.4 is 4.74 Å². The highest BCUT2D eigenvalue weighted by molar-refractivity contribution is 5.35. The van der Waals surface area contributed by atoms with Crippen LogP contribution >= 0.6 is 0 Å². The third-order valence-electron chi connectivity index (χ3n) is 2.24. The number of benzene rings is 1. The van der Waals surface area contributed by atoms with E-state index >= 15 is 0 Å². The van der Waals surface area contributed by atoms with Crippen LogP contribution in [-0.2, 0) is 4.74 Å². The van der Waals surface area contributed by atoms with Gasteiger partial charge in [0, 0.05) is 25.7 Å². The number of hydrogen-bond donors (Lipinski definition) is 1. The first-order chi connectivity index (χ1) is 7.65. The van der Waals surface area contributed by atoms with Crippen LogP contribution in [0.25, 0.3) is 0 Å². The van der Waals surface area contributed by atoms with Gasteiger partial charge >= 0.3 is 0 Å². The molecule has 1 atom stereocenters. The molecule has 0 aromatic heterocycles. The Kier molecular flexibility index (Phi) is 5.29. The van der Waals surface area contributed by atoms with Gasteiger partial charge in [0.1, 0.15) is 5.75 Å². The van der Waals surface area contributed by atoms with Crippen LogP contribution in [0, 0.1) is 0 Å². The Bertz CT molecular complexity index is 310. The van der Waals surface area contributed by atoms with Crippen molar-refractivity contribution in [3.8, 4) is 5.75 Å². The molecule has 1 rings (SSSR count). The van der Waals surface area contributed by atoms with E-state index in [9.17, 15) is 5.11 Å². The molecule has 0 aliphatic heterocycles. The SMILES string of the molecule is COCCC(O)c1ccccc1OC(C)C. The number of ether oxygens (including phenoxy) is 2. The maximum atomic E-state index is 9.99. The Balaban J connectivity index is 2.76. The largest absolute Gasteiger partial charge is 0.491 e. The van der Waals surface area contributed by atoms with Crippen LogP contribution in [0.1, 0.15) is 31.9 Å². The molecule has 0 spiro atoms. The molecule has 16 heavy (non-hydrogen) atoms. The van der Waals surface area contributed by atoms with Gasteiger partial charge in [-0.2, -0.15) is 0 Å². The number of methoxy groups -OCH3 is 1. The van der Waals surface area contributed by atoms with Gasteiger partial charge in [-0.15, -0.1) is 0 Å². The summed E-state index contributed by atoms with van der Waals surface area (Å²) in [5, 5.41) is 9.99. The Labute approximate surface area is 97.0 Å². The summed E-state index contributed by atoms with van der Waals surface area (Å²) in [6, 6.07) is 7.58. The van der Waals surface area contributed by atoms with Gasteiger partial charge in [-0.3, -0.25) is 0 Å². The number of rotatable bonds is 6. The standard InChI is InChI=1S/C13H20O3/c1-10(2)16-13-7-5-4-6-11(13)12(14)8-9-15-3/h4-7,10,12,14H,8-9H2,1-3H3. The Morgan fingerprint density at radius 3 is 2.56 bits per heavy atom. The minimum absolute atomic E-state index is 0.107. The van der Waals surface area contributed by atoms with Gasteiger partial charge in [0.2, 0.25) is 0 Å². The molecule has 3 heteroatoms. The molecule has 1 aromatic carbocycles. The number of para-hydroxylation sites is 1. The van der Waals surface area contributed by atoms with E-state index in [1.165, 1.54) is 0 Å². The zero-order valence-electron chi connectivity index (χ0n) is 10.1. The third-order valence-corrected chi connectivity index (χ3v) is 2.24. The van der Waals surface area contributed by atoms with E-state index in [0.29, 0.717) is 13.0 Å². The van der Waals surface area contributed by atoms with Crippen molar-refractivity contribution in [2.45, 2.75) is 32.5 Å². The number of aliphatic hydroxyl groups excluding tert-OH is 1. The van der Waals surface area contributed by atoms with E-state index in [1.807, 2.05) is 38.1 Å². The fraction of sp³-hybridized carbons (Fsp3) is 0.538. The van der Waals surface area contributed by atoms with Crippen LogP contribution in [0.15, 0.2) is 24.3 Å². The monoisotopic (exact) mass is 224 g/mol. The first-order valence-corrected chi connectivity index (χ1v) is 5.57. The second kappa shape index (κ2) is 6.51.